The molecule has 0 aliphatic heterocycles. The lowest BCUT2D eigenvalue weighted by Crippen LogP contribution is -2.29. The van der Waals surface area contributed by atoms with Crippen molar-refractivity contribution < 1.29 is 26.7 Å². The first kappa shape index (κ1) is 7.99. The van der Waals surface area contributed by atoms with Crippen LogP contribution in [0, 0.1) is 0 Å². The van der Waals surface area contributed by atoms with Crippen molar-refractivity contribution in [1.29, 1.82) is 2.86 Å². The lowest BCUT2D eigenvalue weighted by Gasteiger charge is -2.07. The minimum atomic E-state index is -3.37. The fourth-order valence-corrected chi connectivity index (χ4v) is 1.63. The van der Waals surface area contributed by atoms with Crippen LogP contribution in [0.25, 0.3) is 12.6 Å². The van der Waals surface area contributed by atoms with Crippen LogP contribution in [0.1, 0.15) is 16.0 Å². The molecule has 0 spiro atoms. The van der Waals surface area contributed by atoms with Crippen LogP contribution in [-0.2, 0) is 4.79 Å². The van der Waals surface area contributed by atoms with Gasteiger partial charge in [-0.05, 0) is 23.7 Å². The minimum absolute atomic E-state index is 0.119. The first-order valence-electron chi connectivity index (χ1n) is 8.73. The summed E-state index contributed by atoms with van der Waals surface area (Å²) in [4.78, 5) is 27.3. The molecule has 1 heterocycles. The van der Waals surface area contributed by atoms with E-state index in [1.165, 1.54) is 12.1 Å². The highest BCUT2D eigenvalue weighted by Crippen LogP contribution is 2.26. The maximum absolute atomic E-state index is 12.4. The number of carboxylic acid groups (broad SMARTS) is 1. The average Bonchev–Trinajstić information content (AvgIpc) is 2.65. The highest BCUT2D eigenvalue weighted by Gasteiger charge is 2.14. The van der Waals surface area contributed by atoms with E-state index in [2.05, 4.69) is 15.2 Å². The molecular weight excluding hydrogens is 296 g/mol. The van der Waals surface area contributed by atoms with Gasteiger partial charge in [0.15, 0.2) is 7.11 Å². The van der Waals surface area contributed by atoms with E-state index in [1.54, 1.807) is 12.1 Å². The van der Waals surface area contributed by atoms with Crippen molar-refractivity contribution in [3.8, 4) is 16.9 Å². The zero-order valence-corrected chi connectivity index (χ0v) is 11.0. The van der Waals surface area contributed by atoms with Crippen LogP contribution in [0.4, 0.5) is 0 Å². The quantitative estimate of drug-likeness (QED) is 0.783. The van der Waals surface area contributed by atoms with Crippen molar-refractivity contribution in [2.45, 2.75) is 0 Å². The Kier molecular flexibility index (Phi) is 2.37. The Morgan fingerprint density at radius 1 is 1.52 bits per heavy atom. The topological polar surface area (TPSA) is 99.5 Å². The first-order chi connectivity index (χ1) is 13.1. The van der Waals surface area contributed by atoms with E-state index in [9.17, 15) is 9.59 Å². The highest BCUT2D eigenvalue weighted by molar-refractivity contribution is 6.30. The van der Waals surface area contributed by atoms with Gasteiger partial charge in [0.25, 0.3) is 8.77 Å². The van der Waals surface area contributed by atoms with E-state index in [0.29, 0.717) is 5.02 Å². The van der Waals surface area contributed by atoms with Crippen molar-refractivity contribution in [2.75, 3.05) is 6.50 Å². The van der Waals surface area contributed by atoms with Crippen molar-refractivity contribution in [2.24, 2.45) is 0 Å². The molecule has 2 rings (SSSR count). The molecular formula is C14H11ClN2O4. The van der Waals surface area contributed by atoms with Gasteiger partial charge in [-0.3, -0.25) is 9.59 Å². The van der Waals surface area contributed by atoms with E-state index < -0.39 is 47.3 Å². The first-order valence-corrected chi connectivity index (χ1v) is 5.85. The van der Waals surface area contributed by atoms with Crippen LogP contribution >= 0.6 is 11.6 Å². The Balaban J connectivity index is 2.61. The van der Waals surface area contributed by atoms with Gasteiger partial charge < -0.3 is 15.5 Å². The molecule has 0 aliphatic rings. The molecule has 21 heavy (non-hydrogen) atoms. The summed E-state index contributed by atoms with van der Waals surface area (Å²) >= 11 is 5.89. The van der Waals surface area contributed by atoms with E-state index in [-0.39, 0.29) is 11.1 Å². The van der Waals surface area contributed by atoms with Crippen LogP contribution < -0.4 is 5.31 Å². The second-order valence-electron chi connectivity index (χ2n) is 3.73. The van der Waals surface area contributed by atoms with Gasteiger partial charge in [-0.2, -0.15) is 0 Å². The molecule has 0 unspecified atom stereocenters. The molecule has 0 radical (unpaired) electrons. The largest absolute Gasteiger partial charge is 0.505 e. The number of carboxylic acids is 1. The second kappa shape index (κ2) is 6.23. The smallest absolute Gasteiger partial charge is 0.322 e. The number of carbonyl (C=O) groups is 2. The summed E-state index contributed by atoms with van der Waals surface area (Å²) in [7, 11) is 0. The third-order valence-electron chi connectivity index (χ3n) is 2.30. The zero-order valence-electron chi connectivity index (χ0n) is 17.2. The Morgan fingerprint density at radius 3 is 3.10 bits per heavy atom. The summed E-state index contributed by atoms with van der Waals surface area (Å²) in [6, 6.07) is 5.43. The van der Waals surface area contributed by atoms with Crippen molar-refractivity contribution in [3.63, 3.8) is 0 Å². The standard InChI is InChI=1S/C14H11ClN2O4/c15-10-3-1-2-8(4-10)9-5-11(18)13(16-6-9)14(21)17-7-12(19)20/h1-6,18H,7H2,(H,17,21)(H,19,20)/i5D,6D,7D2/hD3. The highest BCUT2D eigenvalue weighted by atomic mass is 35.5. The summed E-state index contributed by atoms with van der Waals surface area (Å²) < 4.78 is 52.1. The molecule has 0 saturated heterocycles. The van der Waals surface area contributed by atoms with Gasteiger partial charge >= 0.3 is 5.97 Å². The number of carbonyl (C=O) groups excluding carboxylic acids is 1. The number of aromatic nitrogens is 1. The molecule has 0 bridgehead atoms. The molecule has 2 aromatic rings. The van der Waals surface area contributed by atoms with Gasteiger partial charge in [0.1, 0.15) is 12.2 Å². The SMILES string of the molecule is [2H]OC(=O)C([2H])([2H])N([2H])C(=O)c1nc([2H])c(-c2cccc(Cl)c2)c([2H])c1O[2H]. The number of hydrogen-bond acceptors (Lipinski definition) is 5. The molecule has 1 aromatic carbocycles. The van der Waals surface area contributed by atoms with Crippen molar-refractivity contribution >= 4 is 23.5 Å². The lowest BCUT2D eigenvalue weighted by molar-refractivity contribution is -0.135. The normalized spacial score (nSPS) is 15.2. The molecule has 6 nitrogen and oxygen atoms in total. The van der Waals surface area contributed by atoms with Crippen LogP contribution in [0.3, 0.4) is 0 Å². The van der Waals surface area contributed by atoms with Gasteiger partial charge in [0, 0.05) is 16.8 Å². The number of aromatic hydroxyl groups is 1. The van der Waals surface area contributed by atoms with Crippen LogP contribution in [-0.4, -0.2) is 35.0 Å². The number of benzene rings is 1. The number of halogens is 1. The molecule has 0 saturated carbocycles. The van der Waals surface area contributed by atoms with E-state index in [4.69, 9.17) is 21.4 Å². The van der Waals surface area contributed by atoms with Crippen molar-refractivity contribution in [1.82, 2.24) is 10.3 Å². The molecule has 3 N–H and O–H groups in total. The number of pyridine rings is 1. The maximum Gasteiger partial charge on any atom is 0.322 e. The van der Waals surface area contributed by atoms with Crippen LogP contribution in [0.2, 0.25) is 6.43 Å². The number of nitrogens with one attached hydrogen (secondary N) is 1. The lowest BCUT2D eigenvalue weighted by atomic mass is 10.1. The summed E-state index contributed by atoms with van der Waals surface area (Å²) in [6.45, 7) is -3.37. The Morgan fingerprint density at radius 2 is 2.38 bits per heavy atom. The molecule has 1 amide bonds. The predicted molar refractivity (Wildman–Crippen MR) is 76.3 cm³/mol. The third-order valence-corrected chi connectivity index (χ3v) is 2.53. The van der Waals surface area contributed by atoms with Crippen molar-refractivity contribution in [3.05, 3.63) is 47.2 Å². The molecule has 1 aromatic heterocycles. The number of amides is 1. The Bertz CT molecular complexity index is 944. The minimum Gasteiger partial charge on any atom is -0.505 e. The predicted octanol–water partition coefficient (Wildman–Crippen LogP) is 1.92. The fraction of sp³-hybridized carbons (Fsp3) is 0.0714. The summed E-state index contributed by atoms with van der Waals surface area (Å²) in [5, 5.41) is 7.55. The van der Waals surface area contributed by atoms with Gasteiger partial charge in [0.05, 0.1) is 5.48 Å². The number of hydrogen-bond donors (Lipinski definition) is 3. The summed E-state index contributed by atoms with van der Waals surface area (Å²) in [5.41, 5.74) is -0.748. The van der Waals surface area contributed by atoms with Crippen LogP contribution in [0.15, 0.2) is 36.5 Å². The number of nitrogens with zero attached hydrogens (tertiary/aromatic N) is 1. The molecule has 0 atom stereocenters. The Hall–Kier alpha value is -2.60. The van der Waals surface area contributed by atoms with Gasteiger partial charge in [-0.15, -0.1) is 0 Å². The molecule has 108 valence electrons. The van der Waals surface area contributed by atoms with E-state index in [1.807, 2.05) is 0 Å². The maximum atomic E-state index is 12.4. The molecule has 7 heteroatoms. The van der Waals surface area contributed by atoms with E-state index in [0.717, 1.165) is 0 Å². The summed E-state index contributed by atoms with van der Waals surface area (Å²) in [5.74, 6) is -4.20. The van der Waals surface area contributed by atoms with Gasteiger partial charge in [-0.1, -0.05) is 23.7 Å². The molecule has 0 fully saturated rings. The zero-order chi connectivity index (χ0) is 21.2. The van der Waals surface area contributed by atoms with Gasteiger partial charge in [-0.25, -0.2) is 4.98 Å². The summed E-state index contributed by atoms with van der Waals surface area (Å²) in [6.07, 6.45) is -0.603. The fourth-order valence-electron chi connectivity index (χ4n) is 1.44. The number of aliphatic carboxylic acids is 1. The Labute approximate surface area is 135 Å². The van der Waals surface area contributed by atoms with Gasteiger partial charge in [0.2, 0.25) is 0 Å². The second-order valence-corrected chi connectivity index (χ2v) is 4.16. The average molecular weight is 314 g/mol. The van der Waals surface area contributed by atoms with E-state index >= 15 is 0 Å². The number of rotatable bonds is 5. The molecule has 0 aliphatic carbocycles. The van der Waals surface area contributed by atoms with Crippen LogP contribution in [0.5, 0.6) is 5.75 Å². The monoisotopic (exact) mass is 313 g/mol. The third kappa shape index (κ3) is 3.70.